The van der Waals surface area contributed by atoms with Gasteiger partial charge in [0.1, 0.15) is 5.82 Å². The molecule has 0 atom stereocenters. The molecule has 2 aromatic rings. The molecule has 4 nitrogen and oxygen atoms in total. The van der Waals surface area contributed by atoms with E-state index in [2.05, 4.69) is 4.57 Å². The Bertz CT molecular complexity index is 819. The smallest absolute Gasteiger partial charge is 0.310 e. The van der Waals surface area contributed by atoms with Crippen molar-refractivity contribution < 1.29 is 18.7 Å². The second-order valence-corrected chi connectivity index (χ2v) is 6.75. The van der Waals surface area contributed by atoms with E-state index in [0.717, 1.165) is 24.2 Å². The Kier molecular flexibility index (Phi) is 4.95. The van der Waals surface area contributed by atoms with Gasteiger partial charge in [0.2, 0.25) is 5.78 Å². The summed E-state index contributed by atoms with van der Waals surface area (Å²) >= 11 is 5.89. The number of ether oxygens (including phenoxy) is 1. The number of esters is 1. The Morgan fingerprint density at radius 1 is 1.32 bits per heavy atom. The van der Waals surface area contributed by atoms with Crippen molar-refractivity contribution in [1.29, 1.82) is 0 Å². The van der Waals surface area contributed by atoms with Crippen LogP contribution in [0.15, 0.2) is 24.3 Å². The fourth-order valence-electron chi connectivity index (χ4n) is 3.07. The lowest BCUT2D eigenvalue weighted by atomic mass is 10.1. The highest BCUT2D eigenvalue weighted by Crippen LogP contribution is 2.38. The molecule has 0 unspecified atom stereocenters. The van der Waals surface area contributed by atoms with E-state index in [4.69, 9.17) is 16.3 Å². The third kappa shape index (κ3) is 3.76. The zero-order chi connectivity index (χ0) is 18.1. The van der Waals surface area contributed by atoms with Crippen molar-refractivity contribution in [3.63, 3.8) is 0 Å². The molecule has 0 radical (unpaired) electrons. The van der Waals surface area contributed by atoms with E-state index >= 15 is 0 Å². The summed E-state index contributed by atoms with van der Waals surface area (Å²) in [6, 6.07) is 6.51. The van der Waals surface area contributed by atoms with Gasteiger partial charge in [0.25, 0.3) is 0 Å². The summed E-state index contributed by atoms with van der Waals surface area (Å²) in [5.74, 6) is -1.51. The van der Waals surface area contributed by atoms with Gasteiger partial charge < -0.3 is 9.30 Å². The number of Topliss-reactive ketones (excluding diaryl/α,β-unsaturated/α-hetero) is 1. The predicted molar refractivity (Wildman–Crippen MR) is 92.6 cm³/mol. The van der Waals surface area contributed by atoms with Crippen molar-refractivity contribution in [3.05, 3.63) is 57.6 Å². The first-order valence-corrected chi connectivity index (χ1v) is 8.56. The fraction of sp³-hybridized carbons (Fsp3) is 0.368. The largest absolute Gasteiger partial charge is 0.457 e. The SMILES string of the molecule is Cc1cc(C(=O)COC(=O)Cc2c(F)cccc2Cl)c(C)n1C1CC1. The molecule has 25 heavy (non-hydrogen) atoms. The monoisotopic (exact) mass is 363 g/mol. The van der Waals surface area contributed by atoms with Gasteiger partial charge >= 0.3 is 5.97 Å². The number of hydrogen-bond donors (Lipinski definition) is 0. The fourth-order valence-corrected chi connectivity index (χ4v) is 3.30. The third-order valence-corrected chi connectivity index (χ3v) is 4.80. The Labute approximate surface area is 150 Å². The second kappa shape index (κ2) is 7.00. The van der Waals surface area contributed by atoms with Crippen LogP contribution < -0.4 is 0 Å². The van der Waals surface area contributed by atoms with Crippen molar-refractivity contribution in [3.8, 4) is 0 Å². The third-order valence-electron chi connectivity index (χ3n) is 4.44. The maximum Gasteiger partial charge on any atom is 0.310 e. The molecule has 1 heterocycles. The van der Waals surface area contributed by atoms with Crippen LogP contribution in [0.3, 0.4) is 0 Å². The molecule has 132 valence electrons. The average Bonchev–Trinajstić information content (AvgIpc) is 3.34. The lowest BCUT2D eigenvalue weighted by Gasteiger charge is -2.08. The number of ketones is 1. The Morgan fingerprint density at radius 3 is 2.68 bits per heavy atom. The molecule has 1 saturated carbocycles. The van der Waals surface area contributed by atoms with Gasteiger partial charge in [-0.1, -0.05) is 17.7 Å². The van der Waals surface area contributed by atoms with Gasteiger partial charge in [-0.25, -0.2) is 4.39 Å². The molecule has 1 aliphatic rings. The quantitative estimate of drug-likeness (QED) is 0.571. The van der Waals surface area contributed by atoms with E-state index < -0.39 is 11.8 Å². The minimum Gasteiger partial charge on any atom is -0.457 e. The first-order valence-electron chi connectivity index (χ1n) is 8.18. The van der Waals surface area contributed by atoms with Gasteiger partial charge in [0, 0.05) is 33.6 Å². The Balaban J connectivity index is 1.63. The summed E-state index contributed by atoms with van der Waals surface area (Å²) in [6.07, 6.45) is 1.95. The number of aromatic nitrogens is 1. The Morgan fingerprint density at radius 2 is 2.04 bits per heavy atom. The topological polar surface area (TPSA) is 48.3 Å². The summed E-state index contributed by atoms with van der Waals surface area (Å²) in [6.45, 7) is 3.51. The second-order valence-electron chi connectivity index (χ2n) is 6.35. The Hall–Kier alpha value is -2.14. The standard InChI is InChI=1S/C19H19ClFNO3/c1-11-8-14(12(2)22(11)13-6-7-13)18(23)10-25-19(24)9-15-16(20)4-3-5-17(15)21/h3-5,8,13H,6-7,9-10H2,1-2H3. The van der Waals surface area contributed by atoms with Crippen molar-refractivity contribution in [1.82, 2.24) is 4.57 Å². The lowest BCUT2D eigenvalue weighted by Crippen LogP contribution is -2.17. The van der Waals surface area contributed by atoms with E-state index in [-0.39, 0.29) is 29.4 Å². The van der Waals surface area contributed by atoms with Gasteiger partial charge in [-0.3, -0.25) is 9.59 Å². The van der Waals surface area contributed by atoms with Gasteiger partial charge in [0.05, 0.1) is 6.42 Å². The molecular weight excluding hydrogens is 345 g/mol. The maximum atomic E-state index is 13.7. The van der Waals surface area contributed by atoms with Gasteiger partial charge in [-0.15, -0.1) is 0 Å². The number of benzene rings is 1. The summed E-state index contributed by atoms with van der Waals surface area (Å²) in [4.78, 5) is 24.3. The van der Waals surface area contributed by atoms with Crippen LogP contribution in [0.25, 0.3) is 0 Å². The first-order chi connectivity index (χ1) is 11.9. The van der Waals surface area contributed by atoms with Gasteiger partial charge in [-0.05, 0) is 44.9 Å². The normalized spacial score (nSPS) is 13.8. The molecule has 0 amide bonds. The van der Waals surface area contributed by atoms with Crippen LogP contribution in [0.2, 0.25) is 5.02 Å². The highest BCUT2D eigenvalue weighted by molar-refractivity contribution is 6.31. The van der Waals surface area contributed by atoms with E-state index in [0.29, 0.717) is 11.6 Å². The van der Waals surface area contributed by atoms with Crippen molar-refractivity contribution in [2.75, 3.05) is 6.61 Å². The molecule has 0 N–H and O–H groups in total. The van der Waals surface area contributed by atoms with Gasteiger partial charge in [0.15, 0.2) is 6.61 Å². The molecule has 1 aromatic carbocycles. The molecule has 3 rings (SSSR count). The zero-order valence-corrected chi connectivity index (χ0v) is 14.9. The molecule has 6 heteroatoms. The molecular formula is C19H19ClFNO3. The molecule has 1 aliphatic carbocycles. The molecule has 1 fully saturated rings. The maximum absolute atomic E-state index is 13.7. The zero-order valence-electron chi connectivity index (χ0n) is 14.1. The average molecular weight is 364 g/mol. The van der Waals surface area contributed by atoms with E-state index in [1.54, 1.807) is 0 Å². The lowest BCUT2D eigenvalue weighted by molar-refractivity contribution is -0.141. The number of carbonyl (C=O) groups is 2. The van der Waals surface area contributed by atoms with Crippen LogP contribution in [0.1, 0.15) is 46.2 Å². The van der Waals surface area contributed by atoms with Crippen molar-refractivity contribution in [2.45, 2.75) is 39.2 Å². The van der Waals surface area contributed by atoms with E-state index in [9.17, 15) is 14.0 Å². The summed E-state index contributed by atoms with van der Waals surface area (Å²) in [7, 11) is 0. The first kappa shape index (κ1) is 17.7. The van der Waals surface area contributed by atoms with Crippen LogP contribution in [-0.2, 0) is 16.0 Å². The minimum absolute atomic E-state index is 0.0773. The summed E-state index contributed by atoms with van der Waals surface area (Å²) < 4.78 is 20.9. The molecule has 0 bridgehead atoms. The molecule has 0 saturated heterocycles. The van der Waals surface area contributed by atoms with Crippen LogP contribution >= 0.6 is 11.6 Å². The number of hydrogen-bond acceptors (Lipinski definition) is 3. The highest BCUT2D eigenvalue weighted by Gasteiger charge is 2.28. The molecule has 1 aromatic heterocycles. The van der Waals surface area contributed by atoms with Crippen LogP contribution in [-0.4, -0.2) is 22.9 Å². The van der Waals surface area contributed by atoms with Crippen LogP contribution in [0.4, 0.5) is 4.39 Å². The van der Waals surface area contributed by atoms with E-state index in [1.807, 2.05) is 19.9 Å². The molecule has 0 aliphatic heterocycles. The number of rotatable bonds is 6. The predicted octanol–water partition coefficient (Wildman–Crippen LogP) is 4.20. The van der Waals surface area contributed by atoms with Crippen molar-refractivity contribution in [2.24, 2.45) is 0 Å². The number of halogens is 2. The number of aryl methyl sites for hydroxylation is 1. The van der Waals surface area contributed by atoms with Gasteiger partial charge in [-0.2, -0.15) is 0 Å². The van der Waals surface area contributed by atoms with Crippen LogP contribution in [0, 0.1) is 19.7 Å². The number of carbonyl (C=O) groups excluding carboxylic acids is 2. The number of nitrogens with zero attached hydrogens (tertiary/aromatic N) is 1. The summed E-state index contributed by atoms with van der Waals surface area (Å²) in [5, 5.41) is 0.163. The van der Waals surface area contributed by atoms with Crippen LogP contribution in [0.5, 0.6) is 0 Å². The van der Waals surface area contributed by atoms with Crippen molar-refractivity contribution >= 4 is 23.4 Å². The molecule has 0 spiro atoms. The van der Waals surface area contributed by atoms with E-state index in [1.165, 1.54) is 18.2 Å². The highest BCUT2D eigenvalue weighted by atomic mass is 35.5. The summed E-state index contributed by atoms with van der Waals surface area (Å²) in [5.41, 5.74) is 2.58. The minimum atomic E-state index is -0.684.